The molecule has 10 heteroatoms. The van der Waals surface area contributed by atoms with Crippen molar-refractivity contribution in [2.75, 3.05) is 26.2 Å². The number of halogens is 1. The summed E-state index contributed by atoms with van der Waals surface area (Å²) in [5.74, 6) is -0.144. The fourth-order valence-electron chi connectivity index (χ4n) is 3.72. The lowest BCUT2D eigenvalue weighted by Gasteiger charge is -2.34. The number of thiazole rings is 1. The van der Waals surface area contributed by atoms with Crippen molar-refractivity contribution in [1.29, 1.82) is 0 Å². The lowest BCUT2D eigenvalue weighted by molar-refractivity contribution is 0.0698. The molecule has 1 aliphatic rings. The molecule has 1 fully saturated rings. The summed E-state index contributed by atoms with van der Waals surface area (Å²) in [5, 5.41) is 0.554. The molecule has 0 aliphatic carbocycles. The Bertz CT molecular complexity index is 1290. The van der Waals surface area contributed by atoms with E-state index in [-0.39, 0.29) is 34.8 Å². The highest BCUT2D eigenvalue weighted by Gasteiger charge is 2.31. The number of fused-ring (bicyclic) bond motifs is 1. The molecule has 0 unspecified atom stereocenters. The first-order chi connectivity index (χ1) is 14.7. The van der Waals surface area contributed by atoms with Crippen molar-refractivity contribution in [2.24, 2.45) is 0 Å². The summed E-state index contributed by atoms with van der Waals surface area (Å²) in [7, 11) is -3.72. The van der Waals surface area contributed by atoms with E-state index in [1.165, 1.54) is 4.31 Å². The molecule has 0 atom stereocenters. The van der Waals surface area contributed by atoms with Gasteiger partial charge in [-0.2, -0.15) is 4.31 Å². The van der Waals surface area contributed by atoms with E-state index in [0.717, 1.165) is 16.9 Å². The fraction of sp³-hybridized carbons (Fsp3) is 0.333. The van der Waals surface area contributed by atoms with Crippen LogP contribution < -0.4 is 4.87 Å². The summed E-state index contributed by atoms with van der Waals surface area (Å²) >= 11 is 6.92. The van der Waals surface area contributed by atoms with Gasteiger partial charge in [0.05, 0.1) is 15.1 Å². The van der Waals surface area contributed by atoms with Gasteiger partial charge in [0.15, 0.2) is 0 Å². The second-order valence-corrected chi connectivity index (χ2v) is 11.0. The highest BCUT2D eigenvalue weighted by atomic mass is 35.5. The number of hydrogen-bond acceptors (Lipinski definition) is 5. The summed E-state index contributed by atoms with van der Waals surface area (Å²) in [6, 6.07) is 11.5. The number of rotatable bonds is 4. The van der Waals surface area contributed by atoms with E-state index >= 15 is 0 Å². The van der Waals surface area contributed by atoms with Gasteiger partial charge >= 0.3 is 4.87 Å². The molecule has 2 aromatic carbocycles. The summed E-state index contributed by atoms with van der Waals surface area (Å²) < 4.78 is 30.0. The molecule has 3 aromatic rings. The maximum atomic E-state index is 13.2. The Morgan fingerprint density at radius 2 is 1.68 bits per heavy atom. The van der Waals surface area contributed by atoms with Crippen LogP contribution in [0.3, 0.4) is 0 Å². The maximum absolute atomic E-state index is 13.2. The fourth-order valence-corrected chi connectivity index (χ4v) is 6.42. The van der Waals surface area contributed by atoms with E-state index in [0.29, 0.717) is 28.4 Å². The van der Waals surface area contributed by atoms with E-state index in [1.54, 1.807) is 51.9 Å². The van der Waals surface area contributed by atoms with Gasteiger partial charge in [0.25, 0.3) is 5.91 Å². The lowest BCUT2D eigenvalue weighted by Crippen LogP contribution is -2.50. The molecule has 7 nitrogen and oxygen atoms in total. The number of amides is 1. The SMILES string of the molecule is CC(C)n1c(=O)sc2cc(S(=O)(=O)N3CCN(C(=O)c4ccc(Cl)cc4)CC3)ccc21. The monoisotopic (exact) mass is 479 g/mol. The Kier molecular flexibility index (Phi) is 5.95. The third kappa shape index (κ3) is 4.15. The predicted octanol–water partition coefficient (Wildman–Crippen LogP) is 3.44. The van der Waals surface area contributed by atoms with Gasteiger partial charge in [-0.15, -0.1) is 0 Å². The normalized spacial score (nSPS) is 15.7. The molecular weight excluding hydrogens is 458 g/mol. The summed E-state index contributed by atoms with van der Waals surface area (Å²) in [6.45, 7) is 4.87. The van der Waals surface area contributed by atoms with Gasteiger partial charge in [-0.3, -0.25) is 14.2 Å². The first kappa shape index (κ1) is 22.0. The first-order valence-corrected chi connectivity index (χ1v) is 12.5. The minimum Gasteiger partial charge on any atom is -0.336 e. The summed E-state index contributed by atoms with van der Waals surface area (Å²) in [6.07, 6.45) is 0. The largest absolute Gasteiger partial charge is 0.336 e. The van der Waals surface area contributed by atoms with Crippen LogP contribution >= 0.6 is 22.9 Å². The number of carbonyl (C=O) groups excluding carboxylic acids is 1. The zero-order valence-corrected chi connectivity index (χ0v) is 19.5. The number of carbonyl (C=O) groups is 1. The van der Waals surface area contributed by atoms with E-state index in [4.69, 9.17) is 11.6 Å². The van der Waals surface area contributed by atoms with Crippen LogP contribution in [0.5, 0.6) is 0 Å². The molecule has 0 N–H and O–H groups in total. The molecule has 0 bridgehead atoms. The Balaban J connectivity index is 1.52. The second kappa shape index (κ2) is 8.38. The Morgan fingerprint density at radius 3 is 2.29 bits per heavy atom. The molecule has 0 saturated carbocycles. The van der Waals surface area contributed by atoms with Crippen LogP contribution in [0.2, 0.25) is 5.02 Å². The number of aromatic nitrogens is 1. The van der Waals surface area contributed by atoms with Crippen LogP contribution in [-0.2, 0) is 10.0 Å². The van der Waals surface area contributed by atoms with Gasteiger partial charge in [0, 0.05) is 42.8 Å². The van der Waals surface area contributed by atoms with Crippen molar-refractivity contribution in [3.8, 4) is 0 Å². The molecule has 1 aromatic heterocycles. The van der Waals surface area contributed by atoms with Gasteiger partial charge in [-0.1, -0.05) is 22.9 Å². The van der Waals surface area contributed by atoms with Crippen LogP contribution in [-0.4, -0.2) is 54.3 Å². The van der Waals surface area contributed by atoms with Crippen LogP contribution in [0.4, 0.5) is 0 Å². The maximum Gasteiger partial charge on any atom is 0.308 e. The van der Waals surface area contributed by atoms with Crippen molar-refractivity contribution < 1.29 is 13.2 Å². The average molecular weight is 480 g/mol. The Morgan fingerprint density at radius 1 is 1.03 bits per heavy atom. The molecular formula is C21H22ClN3O4S2. The van der Waals surface area contributed by atoms with Crippen molar-refractivity contribution in [1.82, 2.24) is 13.8 Å². The number of piperazine rings is 1. The van der Waals surface area contributed by atoms with Crippen LogP contribution in [0.25, 0.3) is 10.2 Å². The highest BCUT2D eigenvalue weighted by Crippen LogP contribution is 2.26. The van der Waals surface area contributed by atoms with Gasteiger partial charge in [-0.25, -0.2) is 8.42 Å². The number of nitrogens with zero attached hydrogens (tertiary/aromatic N) is 3. The predicted molar refractivity (Wildman–Crippen MR) is 123 cm³/mol. The summed E-state index contributed by atoms with van der Waals surface area (Å²) in [5.41, 5.74) is 1.26. The average Bonchev–Trinajstić information content (AvgIpc) is 3.09. The third-order valence-electron chi connectivity index (χ3n) is 5.36. The number of hydrogen-bond donors (Lipinski definition) is 0. The molecule has 1 aliphatic heterocycles. The van der Waals surface area contributed by atoms with Crippen LogP contribution in [0.15, 0.2) is 52.2 Å². The Labute approximate surface area is 189 Å². The van der Waals surface area contributed by atoms with Crippen molar-refractivity contribution in [3.63, 3.8) is 0 Å². The quantitative estimate of drug-likeness (QED) is 0.574. The minimum atomic E-state index is -3.72. The zero-order chi connectivity index (χ0) is 22.3. The van der Waals surface area contributed by atoms with Gasteiger partial charge < -0.3 is 4.90 Å². The first-order valence-electron chi connectivity index (χ1n) is 9.88. The topological polar surface area (TPSA) is 79.7 Å². The number of sulfonamides is 1. The lowest BCUT2D eigenvalue weighted by atomic mass is 10.2. The van der Waals surface area contributed by atoms with E-state index < -0.39 is 10.0 Å². The second-order valence-electron chi connectivity index (χ2n) is 7.66. The van der Waals surface area contributed by atoms with Gasteiger partial charge in [0.2, 0.25) is 10.0 Å². The number of benzene rings is 2. The van der Waals surface area contributed by atoms with Crippen molar-refractivity contribution in [3.05, 3.63) is 62.7 Å². The van der Waals surface area contributed by atoms with E-state index in [1.807, 2.05) is 13.8 Å². The molecule has 1 saturated heterocycles. The van der Waals surface area contributed by atoms with E-state index in [9.17, 15) is 18.0 Å². The molecule has 0 spiro atoms. The molecule has 2 heterocycles. The van der Waals surface area contributed by atoms with E-state index in [2.05, 4.69) is 0 Å². The smallest absolute Gasteiger partial charge is 0.308 e. The Hall–Kier alpha value is -2.20. The van der Waals surface area contributed by atoms with Crippen LogP contribution in [0.1, 0.15) is 30.2 Å². The molecule has 1 amide bonds. The van der Waals surface area contributed by atoms with Gasteiger partial charge in [0.1, 0.15) is 0 Å². The highest BCUT2D eigenvalue weighted by molar-refractivity contribution is 7.89. The molecule has 31 heavy (non-hydrogen) atoms. The van der Waals surface area contributed by atoms with Crippen molar-refractivity contribution >= 4 is 49.1 Å². The summed E-state index contributed by atoms with van der Waals surface area (Å²) in [4.78, 5) is 26.6. The molecule has 0 radical (unpaired) electrons. The standard InChI is InChI=1S/C21H22ClN3O4S2/c1-14(2)25-18-8-7-17(13-19(18)30-21(25)27)31(28,29)24-11-9-23(10-12-24)20(26)15-3-5-16(22)6-4-15/h3-8,13-14H,9-12H2,1-2H3. The van der Waals surface area contributed by atoms with Gasteiger partial charge in [-0.05, 0) is 56.3 Å². The molecule has 164 valence electrons. The van der Waals surface area contributed by atoms with Crippen molar-refractivity contribution in [2.45, 2.75) is 24.8 Å². The zero-order valence-electron chi connectivity index (χ0n) is 17.1. The third-order valence-corrected chi connectivity index (χ3v) is 8.42. The molecule has 4 rings (SSSR count). The minimum absolute atomic E-state index is 0.00466. The van der Waals surface area contributed by atoms with Crippen LogP contribution in [0, 0.1) is 0 Å².